The number of halogens is 2. The highest BCUT2D eigenvalue weighted by Gasteiger charge is 2.08. The molecule has 0 bridgehead atoms. The van der Waals surface area contributed by atoms with Gasteiger partial charge in [-0.3, -0.25) is 0 Å². The van der Waals surface area contributed by atoms with Crippen molar-refractivity contribution < 1.29 is 0 Å². The fraction of sp³-hybridized carbons (Fsp3) is 0.125. The Morgan fingerprint density at radius 3 is 2.60 bits per heavy atom. The number of fused-ring (bicyclic) bond motifs is 1. The van der Waals surface area contributed by atoms with Crippen LogP contribution in [0.2, 0.25) is 10.2 Å². The lowest BCUT2D eigenvalue weighted by molar-refractivity contribution is 1.14. The first kappa shape index (κ1) is 13.3. The molecule has 1 aromatic heterocycles. The highest BCUT2D eigenvalue weighted by molar-refractivity contribution is 6.34. The molecule has 100 valence electrons. The van der Waals surface area contributed by atoms with Crippen molar-refractivity contribution in [2.75, 3.05) is 0 Å². The summed E-state index contributed by atoms with van der Waals surface area (Å²) in [4.78, 5) is 8.95. The average molecular weight is 303 g/mol. The van der Waals surface area contributed by atoms with E-state index in [1.54, 1.807) is 0 Å². The van der Waals surface area contributed by atoms with Gasteiger partial charge in [0, 0.05) is 16.0 Å². The highest BCUT2D eigenvalue weighted by Crippen LogP contribution is 2.27. The van der Waals surface area contributed by atoms with E-state index in [0.717, 1.165) is 22.9 Å². The lowest BCUT2D eigenvalue weighted by Gasteiger charge is -2.06. The van der Waals surface area contributed by atoms with E-state index in [1.165, 1.54) is 5.56 Å². The Bertz CT molecular complexity index is 785. The maximum absolute atomic E-state index is 6.30. The molecule has 0 aliphatic carbocycles. The number of hydrogen-bond acceptors (Lipinski definition) is 2. The van der Waals surface area contributed by atoms with Gasteiger partial charge in [-0.15, -0.1) is 0 Å². The number of aryl methyl sites for hydroxylation is 1. The Morgan fingerprint density at radius 2 is 1.85 bits per heavy atom. The molecule has 0 saturated heterocycles. The minimum atomic E-state index is 0.472. The largest absolute Gasteiger partial charge is 0.228 e. The van der Waals surface area contributed by atoms with Gasteiger partial charge >= 0.3 is 0 Å². The zero-order chi connectivity index (χ0) is 14.1. The predicted octanol–water partition coefficient (Wildman–Crippen LogP) is 5.17. The van der Waals surface area contributed by atoms with Gasteiger partial charge in [-0.05, 0) is 36.2 Å². The lowest BCUT2D eigenvalue weighted by Crippen LogP contribution is -1.93. The van der Waals surface area contributed by atoms with Gasteiger partial charge in [0.2, 0.25) is 0 Å². The molecule has 0 amide bonds. The van der Waals surface area contributed by atoms with Crippen molar-refractivity contribution in [3.63, 3.8) is 0 Å². The first-order chi connectivity index (χ1) is 9.67. The van der Waals surface area contributed by atoms with Crippen LogP contribution in [-0.4, -0.2) is 9.97 Å². The van der Waals surface area contributed by atoms with E-state index in [0.29, 0.717) is 16.0 Å². The van der Waals surface area contributed by atoms with Crippen LogP contribution in [0.1, 0.15) is 12.5 Å². The Balaban J connectivity index is 2.19. The van der Waals surface area contributed by atoms with Gasteiger partial charge in [-0.2, -0.15) is 0 Å². The minimum absolute atomic E-state index is 0.472. The van der Waals surface area contributed by atoms with E-state index in [-0.39, 0.29) is 0 Å². The molecule has 0 spiro atoms. The van der Waals surface area contributed by atoms with Crippen molar-refractivity contribution in [3.8, 4) is 11.4 Å². The molecule has 0 unspecified atom stereocenters. The Morgan fingerprint density at radius 1 is 1.00 bits per heavy atom. The van der Waals surface area contributed by atoms with Crippen LogP contribution in [0.5, 0.6) is 0 Å². The van der Waals surface area contributed by atoms with Crippen LogP contribution in [0.25, 0.3) is 22.3 Å². The fourth-order valence-electron chi connectivity index (χ4n) is 2.11. The molecule has 0 aliphatic rings. The number of hydrogen-bond donors (Lipinski definition) is 0. The molecule has 0 N–H and O–H groups in total. The minimum Gasteiger partial charge on any atom is -0.228 e. The molecule has 3 aromatic rings. The lowest BCUT2D eigenvalue weighted by atomic mass is 10.1. The normalized spacial score (nSPS) is 10.9. The Kier molecular flexibility index (Phi) is 3.60. The van der Waals surface area contributed by atoms with Crippen LogP contribution in [0, 0.1) is 0 Å². The molecule has 0 radical (unpaired) electrons. The third kappa shape index (κ3) is 2.49. The predicted molar refractivity (Wildman–Crippen MR) is 84.4 cm³/mol. The summed E-state index contributed by atoms with van der Waals surface area (Å²) in [5.41, 5.74) is 2.93. The average Bonchev–Trinajstić information content (AvgIpc) is 2.47. The number of benzene rings is 2. The van der Waals surface area contributed by atoms with Gasteiger partial charge in [0.05, 0.1) is 5.52 Å². The van der Waals surface area contributed by atoms with Gasteiger partial charge < -0.3 is 0 Å². The summed E-state index contributed by atoms with van der Waals surface area (Å²) in [5.74, 6) is 0.592. The first-order valence-corrected chi connectivity index (χ1v) is 7.15. The van der Waals surface area contributed by atoms with Crippen LogP contribution >= 0.6 is 23.2 Å². The fourth-order valence-corrected chi connectivity index (χ4v) is 2.54. The van der Waals surface area contributed by atoms with E-state index in [2.05, 4.69) is 23.0 Å². The van der Waals surface area contributed by atoms with Gasteiger partial charge in [0.15, 0.2) is 5.82 Å². The summed E-state index contributed by atoms with van der Waals surface area (Å²) in [7, 11) is 0. The summed E-state index contributed by atoms with van der Waals surface area (Å²) < 4.78 is 0. The third-order valence-electron chi connectivity index (χ3n) is 3.20. The van der Waals surface area contributed by atoms with E-state index in [4.69, 9.17) is 23.2 Å². The van der Waals surface area contributed by atoms with Gasteiger partial charge in [0.1, 0.15) is 5.15 Å². The van der Waals surface area contributed by atoms with Crippen LogP contribution in [-0.2, 0) is 6.42 Å². The van der Waals surface area contributed by atoms with Crippen molar-refractivity contribution in [2.45, 2.75) is 13.3 Å². The molecule has 1 heterocycles. The Hall–Kier alpha value is -1.64. The van der Waals surface area contributed by atoms with E-state index in [9.17, 15) is 0 Å². The van der Waals surface area contributed by atoms with Gasteiger partial charge in [-0.1, -0.05) is 48.3 Å². The highest BCUT2D eigenvalue weighted by atomic mass is 35.5. The summed E-state index contributed by atoms with van der Waals surface area (Å²) in [6.45, 7) is 2.11. The summed E-state index contributed by atoms with van der Waals surface area (Å²) in [6.07, 6.45) is 0.961. The van der Waals surface area contributed by atoms with Gasteiger partial charge in [-0.25, -0.2) is 9.97 Å². The topological polar surface area (TPSA) is 25.8 Å². The molecule has 4 heteroatoms. The summed E-state index contributed by atoms with van der Waals surface area (Å²) in [5, 5.41) is 2.01. The zero-order valence-electron chi connectivity index (χ0n) is 10.9. The zero-order valence-corrected chi connectivity index (χ0v) is 12.4. The van der Waals surface area contributed by atoms with Crippen LogP contribution in [0.15, 0.2) is 42.5 Å². The van der Waals surface area contributed by atoms with Crippen molar-refractivity contribution in [3.05, 3.63) is 58.2 Å². The van der Waals surface area contributed by atoms with Gasteiger partial charge in [0.25, 0.3) is 0 Å². The quantitative estimate of drug-likeness (QED) is 0.611. The molecular formula is C16H12Cl2N2. The molecule has 0 fully saturated rings. The van der Waals surface area contributed by atoms with E-state index in [1.807, 2.05) is 36.4 Å². The van der Waals surface area contributed by atoms with E-state index < -0.39 is 0 Å². The molecular weight excluding hydrogens is 291 g/mol. The smallest absolute Gasteiger partial charge is 0.161 e. The first-order valence-electron chi connectivity index (χ1n) is 6.39. The van der Waals surface area contributed by atoms with Crippen molar-refractivity contribution in [1.29, 1.82) is 0 Å². The van der Waals surface area contributed by atoms with Crippen molar-refractivity contribution >= 4 is 34.1 Å². The number of aromatic nitrogens is 2. The van der Waals surface area contributed by atoms with E-state index >= 15 is 0 Å². The number of nitrogens with zero attached hydrogens (tertiary/aromatic N) is 2. The molecule has 0 atom stereocenters. The maximum Gasteiger partial charge on any atom is 0.161 e. The van der Waals surface area contributed by atoms with Crippen molar-refractivity contribution in [1.82, 2.24) is 9.97 Å². The molecule has 0 aliphatic heterocycles. The molecule has 3 rings (SSSR count). The van der Waals surface area contributed by atoms with Crippen LogP contribution < -0.4 is 0 Å². The van der Waals surface area contributed by atoms with Crippen LogP contribution in [0.4, 0.5) is 0 Å². The van der Waals surface area contributed by atoms with Crippen molar-refractivity contribution in [2.24, 2.45) is 0 Å². The molecule has 20 heavy (non-hydrogen) atoms. The second kappa shape index (κ2) is 5.39. The maximum atomic E-state index is 6.30. The van der Waals surface area contributed by atoms with Crippen LogP contribution in [0.3, 0.4) is 0 Å². The molecule has 2 nitrogen and oxygen atoms in total. The molecule has 0 saturated carbocycles. The monoisotopic (exact) mass is 302 g/mol. The molecule has 2 aromatic carbocycles. The number of rotatable bonds is 2. The summed E-state index contributed by atoms with van der Waals surface area (Å²) in [6, 6.07) is 13.5. The summed E-state index contributed by atoms with van der Waals surface area (Å²) >= 11 is 12.3. The second-order valence-corrected chi connectivity index (χ2v) is 5.35. The SMILES string of the molecule is CCc1ccc2nc(-c3cccc(Cl)c3)nc(Cl)c2c1. The second-order valence-electron chi connectivity index (χ2n) is 4.55. The standard InChI is InChI=1S/C16H12Cl2N2/c1-2-10-6-7-14-13(8-10)15(18)20-16(19-14)11-4-3-5-12(17)9-11/h3-9H,2H2,1H3. The third-order valence-corrected chi connectivity index (χ3v) is 3.73. The Labute approximate surface area is 127 Å².